The van der Waals surface area contributed by atoms with Gasteiger partial charge in [0, 0.05) is 18.3 Å². The molecule has 1 heterocycles. The highest BCUT2D eigenvalue weighted by atomic mass is 35.5. The van der Waals surface area contributed by atoms with Gasteiger partial charge in [0.1, 0.15) is 0 Å². The summed E-state index contributed by atoms with van der Waals surface area (Å²) in [6.07, 6.45) is 1.77. The molecule has 1 aromatic carbocycles. The van der Waals surface area contributed by atoms with Crippen LogP contribution in [0.3, 0.4) is 0 Å². The zero-order valence-electron chi connectivity index (χ0n) is 12.2. The summed E-state index contributed by atoms with van der Waals surface area (Å²) in [5.74, 6) is 0. The van der Waals surface area contributed by atoms with Crippen molar-refractivity contribution in [3.8, 4) is 5.69 Å². The van der Waals surface area contributed by atoms with Crippen LogP contribution in [-0.4, -0.2) is 15.3 Å². The van der Waals surface area contributed by atoms with E-state index >= 15 is 0 Å². The number of benzene rings is 1. The predicted molar refractivity (Wildman–Crippen MR) is 84.9 cm³/mol. The van der Waals surface area contributed by atoms with Crippen molar-refractivity contribution in [2.24, 2.45) is 0 Å². The first kappa shape index (κ1) is 15.4. The van der Waals surface area contributed by atoms with E-state index in [1.165, 1.54) is 0 Å². The highest BCUT2D eigenvalue weighted by Gasteiger charge is 2.11. The molecule has 0 fully saturated rings. The molecule has 2 rings (SSSR count). The maximum atomic E-state index is 6.34. The Balaban J connectivity index is 2.22. The normalized spacial score (nSPS) is 11.9. The topological polar surface area (TPSA) is 29.9 Å². The lowest BCUT2D eigenvalue weighted by Gasteiger charge is -2.20. The fourth-order valence-corrected chi connectivity index (χ4v) is 2.20. The van der Waals surface area contributed by atoms with Crippen LogP contribution in [0.15, 0.2) is 24.4 Å². The summed E-state index contributed by atoms with van der Waals surface area (Å²) < 4.78 is 1.71. The summed E-state index contributed by atoms with van der Waals surface area (Å²) in [4.78, 5) is 0. The second kappa shape index (κ2) is 5.76. The van der Waals surface area contributed by atoms with Gasteiger partial charge in [-0.2, -0.15) is 5.10 Å². The number of hydrogen-bond donors (Lipinski definition) is 1. The molecule has 5 heteroatoms. The molecule has 20 heavy (non-hydrogen) atoms. The van der Waals surface area contributed by atoms with E-state index in [-0.39, 0.29) is 5.54 Å². The molecule has 0 amide bonds. The number of aromatic nitrogens is 2. The van der Waals surface area contributed by atoms with Crippen molar-refractivity contribution in [1.82, 2.24) is 15.1 Å². The Morgan fingerprint density at radius 1 is 1.20 bits per heavy atom. The summed E-state index contributed by atoms with van der Waals surface area (Å²) in [5.41, 5.74) is 2.85. The number of halogens is 2. The van der Waals surface area contributed by atoms with Gasteiger partial charge in [-0.1, -0.05) is 29.3 Å². The molecule has 0 unspecified atom stereocenters. The first-order chi connectivity index (χ1) is 9.26. The van der Waals surface area contributed by atoms with Gasteiger partial charge in [-0.25, -0.2) is 4.68 Å². The van der Waals surface area contributed by atoms with E-state index in [0.717, 1.165) is 23.5 Å². The minimum absolute atomic E-state index is 0.0811. The van der Waals surface area contributed by atoms with Crippen LogP contribution >= 0.6 is 23.2 Å². The highest BCUT2D eigenvalue weighted by Crippen LogP contribution is 2.24. The van der Waals surface area contributed by atoms with Gasteiger partial charge in [0.2, 0.25) is 0 Å². The Morgan fingerprint density at radius 3 is 2.40 bits per heavy atom. The van der Waals surface area contributed by atoms with E-state index < -0.39 is 0 Å². The van der Waals surface area contributed by atoms with Crippen LogP contribution in [0.5, 0.6) is 0 Å². The molecule has 0 bridgehead atoms. The Hall–Kier alpha value is -1.03. The number of nitrogens with one attached hydrogen (secondary N) is 1. The average molecular weight is 312 g/mol. The van der Waals surface area contributed by atoms with Crippen molar-refractivity contribution >= 4 is 23.2 Å². The molecule has 0 aliphatic heterocycles. The second-order valence-electron chi connectivity index (χ2n) is 5.90. The predicted octanol–water partition coefficient (Wildman–Crippen LogP) is 4.38. The molecule has 3 nitrogen and oxygen atoms in total. The quantitative estimate of drug-likeness (QED) is 0.912. The largest absolute Gasteiger partial charge is 0.308 e. The molecule has 1 N–H and O–H groups in total. The van der Waals surface area contributed by atoms with E-state index in [1.807, 2.05) is 25.1 Å². The van der Waals surface area contributed by atoms with Crippen LogP contribution in [0, 0.1) is 6.92 Å². The van der Waals surface area contributed by atoms with Crippen molar-refractivity contribution in [3.63, 3.8) is 0 Å². The summed E-state index contributed by atoms with van der Waals surface area (Å²) in [7, 11) is 0. The molecule has 0 aliphatic carbocycles. The van der Waals surface area contributed by atoms with Crippen molar-refractivity contribution in [2.75, 3.05) is 0 Å². The molecule has 0 radical (unpaired) electrons. The van der Waals surface area contributed by atoms with E-state index in [2.05, 4.69) is 31.2 Å². The van der Waals surface area contributed by atoms with Crippen LogP contribution in [-0.2, 0) is 6.54 Å². The molecule has 108 valence electrons. The van der Waals surface area contributed by atoms with E-state index in [0.29, 0.717) is 10.0 Å². The zero-order chi connectivity index (χ0) is 14.9. The number of aryl methyl sites for hydroxylation is 1. The van der Waals surface area contributed by atoms with Crippen molar-refractivity contribution in [3.05, 3.63) is 45.7 Å². The van der Waals surface area contributed by atoms with Crippen LogP contribution in [0.1, 0.15) is 32.0 Å². The minimum Gasteiger partial charge on any atom is -0.308 e. The molecular weight excluding hydrogens is 293 g/mol. The second-order valence-corrected chi connectivity index (χ2v) is 6.71. The molecule has 0 atom stereocenters. The average Bonchev–Trinajstić information content (AvgIpc) is 2.66. The SMILES string of the molecule is Cc1nn(-c2ccc(CNC(C)(C)C)cc2Cl)cc1Cl. The molecule has 0 aliphatic rings. The fourth-order valence-electron chi connectivity index (χ4n) is 1.78. The lowest BCUT2D eigenvalue weighted by Crippen LogP contribution is -2.35. The first-order valence-corrected chi connectivity index (χ1v) is 7.27. The Labute approximate surface area is 129 Å². The van der Waals surface area contributed by atoms with Crippen LogP contribution in [0.25, 0.3) is 5.69 Å². The Morgan fingerprint density at radius 2 is 1.90 bits per heavy atom. The van der Waals surface area contributed by atoms with Crippen LogP contribution in [0.4, 0.5) is 0 Å². The van der Waals surface area contributed by atoms with Crippen LogP contribution in [0.2, 0.25) is 10.0 Å². The maximum absolute atomic E-state index is 6.34. The number of rotatable bonds is 3. The minimum atomic E-state index is 0.0811. The van der Waals surface area contributed by atoms with Gasteiger partial charge in [-0.15, -0.1) is 0 Å². The lowest BCUT2D eigenvalue weighted by atomic mass is 10.1. The molecule has 0 spiro atoms. The standard InChI is InChI=1S/C15H19Cl2N3/c1-10-13(17)9-20(19-10)14-6-5-11(7-12(14)16)8-18-15(2,3)4/h5-7,9,18H,8H2,1-4H3. The summed E-state index contributed by atoms with van der Waals surface area (Å²) in [6, 6.07) is 5.97. The Kier molecular flexibility index (Phi) is 4.43. The van der Waals surface area contributed by atoms with Gasteiger partial charge in [0.05, 0.1) is 21.4 Å². The van der Waals surface area contributed by atoms with Gasteiger partial charge in [0.25, 0.3) is 0 Å². The number of hydrogen-bond acceptors (Lipinski definition) is 2. The van der Waals surface area contributed by atoms with Crippen LogP contribution < -0.4 is 5.32 Å². The zero-order valence-corrected chi connectivity index (χ0v) is 13.7. The Bertz CT molecular complexity index is 593. The maximum Gasteiger partial charge on any atom is 0.0832 e. The summed E-state index contributed by atoms with van der Waals surface area (Å²) in [6.45, 7) is 9.06. The smallest absolute Gasteiger partial charge is 0.0832 e. The van der Waals surface area contributed by atoms with Gasteiger partial charge < -0.3 is 5.32 Å². The van der Waals surface area contributed by atoms with Crippen molar-refractivity contribution in [2.45, 2.75) is 39.8 Å². The molecule has 2 aromatic rings. The third-order valence-electron chi connectivity index (χ3n) is 2.92. The van der Waals surface area contributed by atoms with Gasteiger partial charge in [-0.05, 0) is 45.4 Å². The molecule has 1 aromatic heterocycles. The van der Waals surface area contributed by atoms with E-state index in [9.17, 15) is 0 Å². The highest BCUT2D eigenvalue weighted by molar-refractivity contribution is 6.32. The lowest BCUT2D eigenvalue weighted by molar-refractivity contribution is 0.424. The summed E-state index contributed by atoms with van der Waals surface area (Å²) >= 11 is 12.4. The summed E-state index contributed by atoms with van der Waals surface area (Å²) in [5, 5.41) is 9.08. The van der Waals surface area contributed by atoms with Crippen molar-refractivity contribution in [1.29, 1.82) is 0 Å². The third-order valence-corrected chi connectivity index (χ3v) is 3.59. The van der Waals surface area contributed by atoms with Crippen molar-refractivity contribution < 1.29 is 0 Å². The third kappa shape index (κ3) is 3.75. The monoisotopic (exact) mass is 311 g/mol. The fraction of sp³-hybridized carbons (Fsp3) is 0.400. The number of nitrogens with zero attached hydrogens (tertiary/aromatic N) is 2. The van der Waals surface area contributed by atoms with E-state index in [4.69, 9.17) is 23.2 Å². The van der Waals surface area contributed by atoms with E-state index in [1.54, 1.807) is 10.9 Å². The molecular formula is C15H19Cl2N3. The first-order valence-electron chi connectivity index (χ1n) is 6.52. The van der Waals surface area contributed by atoms with Gasteiger partial charge in [-0.3, -0.25) is 0 Å². The van der Waals surface area contributed by atoms with Gasteiger partial charge in [0.15, 0.2) is 0 Å². The molecule has 0 saturated carbocycles. The van der Waals surface area contributed by atoms with Gasteiger partial charge >= 0.3 is 0 Å². The molecule has 0 saturated heterocycles.